The van der Waals surface area contributed by atoms with E-state index in [-0.39, 0.29) is 18.4 Å². The van der Waals surface area contributed by atoms with E-state index in [1.54, 1.807) is 9.80 Å². The van der Waals surface area contributed by atoms with E-state index >= 15 is 0 Å². The van der Waals surface area contributed by atoms with Gasteiger partial charge in [0.15, 0.2) is 0 Å². The zero-order chi connectivity index (χ0) is 30.6. The lowest BCUT2D eigenvalue weighted by atomic mass is 9.74. The number of hydrogen-bond donors (Lipinski definition) is 1. The summed E-state index contributed by atoms with van der Waals surface area (Å²) in [5.41, 5.74) is -0.551. The van der Waals surface area contributed by atoms with E-state index in [4.69, 9.17) is 9.47 Å². The van der Waals surface area contributed by atoms with Gasteiger partial charge >= 0.3 is 5.97 Å². The Balaban J connectivity index is 1.54. The van der Waals surface area contributed by atoms with Gasteiger partial charge in [-0.3, -0.25) is 14.4 Å². The Bertz CT molecular complexity index is 1230. The van der Waals surface area contributed by atoms with Crippen molar-refractivity contribution < 1.29 is 29.0 Å². The molecule has 43 heavy (non-hydrogen) atoms. The molecule has 0 bridgehead atoms. The number of anilines is 2. The minimum Gasteiger partial charge on any atom is -0.465 e. The van der Waals surface area contributed by atoms with E-state index in [2.05, 4.69) is 18.7 Å². The predicted octanol–water partition coefficient (Wildman–Crippen LogP) is 4.24. The standard InChI is InChI=1S/C34H47N3O6/c1-4-35(5-2)25-15-17-26(18-16-25)36-22-14-20-34-27(28-32(41)42-24-13-9-6-10-19-33(28,3)43-34)30(39)37(29(34)31(36)40)21-11-7-8-12-23-38/h10,14-20,27-29,38H,4-9,11-13,21-24H2,1-3H3/b19-10-/t27-,28+,29?,33-,34-/m0/s1. The number of aliphatic hydroxyl groups excluding tert-OH is 1. The van der Waals surface area contributed by atoms with Crippen molar-refractivity contribution in [2.24, 2.45) is 11.8 Å². The zero-order valence-electron chi connectivity index (χ0n) is 25.9. The molecule has 1 unspecified atom stereocenters. The maximum Gasteiger partial charge on any atom is 0.313 e. The second-order valence-electron chi connectivity index (χ2n) is 12.3. The number of carbonyl (C=O) groups excluding carboxylic acids is 3. The van der Waals surface area contributed by atoms with Crippen LogP contribution in [0.4, 0.5) is 11.4 Å². The van der Waals surface area contributed by atoms with Crippen molar-refractivity contribution in [3.8, 4) is 0 Å². The van der Waals surface area contributed by atoms with E-state index in [9.17, 15) is 19.5 Å². The van der Waals surface area contributed by atoms with Crippen molar-refractivity contribution in [2.45, 2.75) is 83.0 Å². The van der Waals surface area contributed by atoms with E-state index < -0.39 is 35.0 Å². The van der Waals surface area contributed by atoms with Crippen LogP contribution in [0.5, 0.6) is 0 Å². The summed E-state index contributed by atoms with van der Waals surface area (Å²) in [5, 5.41) is 9.21. The van der Waals surface area contributed by atoms with E-state index in [1.807, 2.05) is 55.5 Å². The third-order valence-corrected chi connectivity index (χ3v) is 9.60. The van der Waals surface area contributed by atoms with Crippen LogP contribution in [0.15, 0.2) is 48.6 Å². The van der Waals surface area contributed by atoms with Gasteiger partial charge in [0.05, 0.1) is 18.1 Å². The van der Waals surface area contributed by atoms with Crippen molar-refractivity contribution in [2.75, 3.05) is 49.2 Å². The molecule has 4 aliphatic heterocycles. The van der Waals surface area contributed by atoms with Gasteiger partial charge in [0, 0.05) is 44.2 Å². The number of allylic oxidation sites excluding steroid dienone is 1. The molecule has 4 heterocycles. The summed E-state index contributed by atoms with van der Waals surface area (Å²) in [7, 11) is 0. The molecule has 2 fully saturated rings. The summed E-state index contributed by atoms with van der Waals surface area (Å²) in [4.78, 5) is 48.4. The van der Waals surface area contributed by atoms with Crippen molar-refractivity contribution in [1.29, 1.82) is 0 Å². The monoisotopic (exact) mass is 593 g/mol. The average molecular weight is 594 g/mol. The highest BCUT2D eigenvalue weighted by molar-refractivity contribution is 6.05. The second-order valence-corrected chi connectivity index (χ2v) is 12.3. The number of carbonyl (C=O) groups is 3. The van der Waals surface area contributed by atoms with Crippen LogP contribution in [0, 0.1) is 11.8 Å². The molecule has 1 N–H and O–H groups in total. The zero-order valence-corrected chi connectivity index (χ0v) is 25.9. The van der Waals surface area contributed by atoms with Crippen LogP contribution in [0.1, 0.15) is 65.7 Å². The molecule has 2 amide bonds. The number of ether oxygens (including phenoxy) is 2. The lowest BCUT2D eigenvalue weighted by molar-refractivity contribution is -0.158. The predicted molar refractivity (Wildman–Crippen MR) is 166 cm³/mol. The molecule has 9 heteroatoms. The van der Waals surface area contributed by atoms with E-state index in [0.717, 1.165) is 56.6 Å². The Morgan fingerprint density at radius 3 is 2.40 bits per heavy atom. The van der Waals surface area contributed by atoms with Crippen molar-refractivity contribution >= 4 is 29.2 Å². The molecule has 5 atom stereocenters. The number of aliphatic hydroxyl groups is 1. The van der Waals surface area contributed by atoms with E-state index in [1.165, 1.54) is 0 Å². The average Bonchev–Trinajstić information content (AvgIpc) is 3.32. The first kappa shape index (κ1) is 31.3. The Kier molecular flexibility index (Phi) is 9.61. The van der Waals surface area contributed by atoms with E-state index in [0.29, 0.717) is 32.5 Å². The number of hydrogen-bond acceptors (Lipinski definition) is 7. The third-order valence-electron chi connectivity index (χ3n) is 9.60. The number of nitrogens with zero attached hydrogens (tertiary/aromatic N) is 3. The number of amides is 2. The van der Waals surface area contributed by atoms with Gasteiger partial charge in [0.25, 0.3) is 5.91 Å². The fraction of sp³-hybridized carbons (Fsp3) is 0.618. The molecule has 1 aromatic rings. The van der Waals surface area contributed by atoms with Gasteiger partial charge in [-0.05, 0) is 77.1 Å². The molecule has 0 radical (unpaired) electrons. The molecule has 1 aromatic carbocycles. The normalized spacial score (nSPS) is 31.3. The first-order valence-corrected chi connectivity index (χ1v) is 16.1. The minimum absolute atomic E-state index is 0.130. The van der Waals surface area contributed by atoms with Crippen LogP contribution in [0.2, 0.25) is 0 Å². The van der Waals surface area contributed by atoms with Crippen molar-refractivity contribution in [1.82, 2.24) is 4.90 Å². The number of cyclic esters (lactones) is 1. The summed E-state index contributed by atoms with van der Waals surface area (Å²) in [6.45, 7) is 8.99. The Morgan fingerprint density at radius 1 is 0.930 bits per heavy atom. The lowest BCUT2D eigenvalue weighted by Gasteiger charge is -2.37. The quantitative estimate of drug-likeness (QED) is 0.246. The second kappa shape index (κ2) is 13.2. The fourth-order valence-corrected chi connectivity index (χ4v) is 7.45. The maximum atomic E-state index is 14.7. The molecule has 4 aliphatic rings. The number of benzene rings is 1. The molecule has 1 spiro atoms. The Hall–Kier alpha value is -3.17. The molecule has 0 aliphatic carbocycles. The van der Waals surface area contributed by atoms with Crippen LogP contribution >= 0.6 is 0 Å². The molecule has 2 saturated heterocycles. The SMILES string of the molecule is CCN(CC)c1ccc(N2CC=C[C@]34O[C@@]5(C)/C=C\CCCCOC(=O)[C@H]5[C@H]3C(=O)N(CCCCCCO)C4C2=O)cc1. The van der Waals surface area contributed by atoms with Gasteiger partial charge in [-0.15, -0.1) is 0 Å². The lowest BCUT2D eigenvalue weighted by Crippen LogP contribution is -2.56. The number of rotatable bonds is 10. The first-order valence-electron chi connectivity index (χ1n) is 16.1. The summed E-state index contributed by atoms with van der Waals surface area (Å²) >= 11 is 0. The molecule has 9 nitrogen and oxygen atoms in total. The van der Waals surface area contributed by atoms with Gasteiger partial charge < -0.3 is 29.3 Å². The van der Waals surface area contributed by atoms with Gasteiger partial charge in [-0.2, -0.15) is 0 Å². The molecular formula is C34H47N3O6. The fourth-order valence-electron chi connectivity index (χ4n) is 7.45. The van der Waals surface area contributed by atoms with Gasteiger partial charge in [-0.1, -0.05) is 37.1 Å². The van der Waals surface area contributed by atoms with Gasteiger partial charge in [0.1, 0.15) is 17.6 Å². The smallest absolute Gasteiger partial charge is 0.313 e. The number of esters is 1. The summed E-state index contributed by atoms with van der Waals surface area (Å²) in [5.74, 6) is -2.63. The highest BCUT2D eigenvalue weighted by atomic mass is 16.6. The molecule has 5 rings (SSSR count). The molecule has 234 valence electrons. The topological polar surface area (TPSA) is 99.6 Å². The van der Waals surface area contributed by atoms with Crippen LogP contribution in [0.3, 0.4) is 0 Å². The van der Waals surface area contributed by atoms with Crippen molar-refractivity contribution in [3.63, 3.8) is 0 Å². The van der Waals surface area contributed by atoms with Gasteiger partial charge in [-0.25, -0.2) is 0 Å². The summed E-state index contributed by atoms with van der Waals surface area (Å²) in [6, 6.07) is 7.07. The highest BCUT2D eigenvalue weighted by Gasteiger charge is 2.74. The highest BCUT2D eigenvalue weighted by Crippen LogP contribution is 2.57. The summed E-state index contributed by atoms with van der Waals surface area (Å²) in [6.07, 6.45) is 13.3. The largest absolute Gasteiger partial charge is 0.465 e. The van der Waals surface area contributed by atoms with Crippen LogP contribution < -0.4 is 9.80 Å². The Morgan fingerprint density at radius 2 is 1.67 bits per heavy atom. The summed E-state index contributed by atoms with van der Waals surface area (Å²) < 4.78 is 12.6. The van der Waals surface area contributed by atoms with Crippen molar-refractivity contribution in [3.05, 3.63) is 48.6 Å². The molecule has 0 aromatic heterocycles. The van der Waals surface area contributed by atoms with Crippen LogP contribution in [0.25, 0.3) is 0 Å². The van der Waals surface area contributed by atoms with Crippen LogP contribution in [-0.4, -0.2) is 84.4 Å². The minimum atomic E-state index is -1.30. The number of likely N-dealkylation sites (tertiary alicyclic amines) is 1. The molecule has 0 saturated carbocycles. The number of fused-ring (bicyclic) bond motifs is 2. The Labute approximate surface area is 255 Å². The number of unbranched alkanes of at least 4 members (excludes halogenated alkanes) is 3. The third kappa shape index (κ3) is 5.74. The molecular weight excluding hydrogens is 546 g/mol. The first-order chi connectivity index (χ1) is 20.8. The maximum absolute atomic E-state index is 14.7. The van der Waals surface area contributed by atoms with Gasteiger partial charge in [0.2, 0.25) is 5.91 Å². The van der Waals surface area contributed by atoms with Crippen LogP contribution in [-0.2, 0) is 23.9 Å².